The van der Waals surface area contributed by atoms with Crippen molar-refractivity contribution in [1.29, 1.82) is 0 Å². The van der Waals surface area contributed by atoms with Crippen molar-refractivity contribution in [1.82, 2.24) is 10.2 Å². The van der Waals surface area contributed by atoms with E-state index in [1.807, 2.05) is 61.3 Å². The summed E-state index contributed by atoms with van der Waals surface area (Å²) in [6.45, 7) is 2.90. The van der Waals surface area contributed by atoms with Gasteiger partial charge in [0.1, 0.15) is 0 Å². The lowest BCUT2D eigenvalue weighted by molar-refractivity contribution is -0.122. The van der Waals surface area contributed by atoms with E-state index in [9.17, 15) is 4.79 Å². The monoisotopic (exact) mass is 390 g/mol. The highest BCUT2D eigenvalue weighted by Crippen LogP contribution is 2.28. The Morgan fingerprint density at radius 2 is 1.85 bits per heavy atom. The summed E-state index contributed by atoms with van der Waals surface area (Å²) in [5.74, 6) is 1.37. The van der Waals surface area contributed by atoms with E-state index in [0.29, 0.717) is 29.6 Å². The van der Waals surface area contributed by atoms with Gasteiger partial charge in [-0.05, 0) is 49.7 Å². The zero-order valence-electron chi connectivity index (χ0n) is 16.3. The highest BCUT2D eigenvalue weighted by atomic mass is 35.5. The fourth-order valence-corrected chi connectivity index (χ4v) is 3.15. The second-order valence-electron chi connectivity index (χ2n) is 6.40. The molecule has 1 unspecified atom stereocenters. The van der Waals surface area contributed by atoms with Crippen molar-refractivity contribution in [3.8, 4) is 11.5 Å². The summed E-state index contributed by atoms with van der Waals surface area (Å²) in [4.78, 5) is 14.2. The first-order chi connectivity index (χ1) is 13.0. The number of nitrogens with one attached hydrogen (secondary N) is 1. The molecule has 2 aromatic carbocycles. The predicted octanol–water partition coefficient (Wildman–Crippen LogP) is 3.71. The van der Waals surface area contributed by atoms with Crippen LogP contribution in [0.3, 0.4) is 0 Å². The second-order valence-corrected chi connectivity index (χ2v) is 6.81. The summed E-state index contributed by atoms with van der Waals surface area (Å²) in [6, 6.07) is 13.5. The third-order valence-electron chi connectivity index (χ3n) is 4.59. The number of benzene rings is 2. The van der Waals surface area contributed by atoms with Crippen LogP contribution in [0.1, 0.15) is 24.1 Å². The molecule has 146 valence electrons. The molecule has 0 saturated carbocycles. The number of methoxy groups -OCH3 is 2. The van der Waals surface area contributed by atoms with Gasteiger partial charge in [0.25, 0.3) is 0 Å². The number of nitrogens with zero attached hydrogens (tertiary/aromatic N) is 1. The summed E-state index contributed by atoms with van der Waals surface area (Å²) < 4.78 is 10.5. The van der Waals surface area contributed by atoms with Crippen molar-refractivity contribution in [2.75, 3.05) is 34.4 Å². The van der Waals surface area contributed by atoms with Crippen LogP contribution in [0.4, 0.5) is 0 Å². The van der Waals surface area contributed by atoms with Crippen LogP contribution >= 0.6 is 11.6 Å². The number of carbonyl (C=O) groups is 1. The highest BCUT2D eigenvalue weighted by Gasteiger charge is 2.16. The molecule has 0 aromatic heterocycles. The molecular formula is C21H27ClN2O3. The van der Waals surface area contributed by atoms with Crippen LogP contribution in [0, 0.1) is 0 Å². The van der Waals surface area contributed by atoms with Gasteiger partial charge in [-0.2, -0.15) is 0 Å². The van der Waals surface area contributed by atoms with Crippen LogP contribution in [0.25, 0.3) is 0 Å². The summed E-state index contributed by atoms with van der Waals surface area (Å²) >= 11 is 6.25. The van der Waals surface area contributed by atoms with Crippen molar-refractivity contribution in [3.63, 3.8) is 0 Å². The SMILES string of the molecule is COc1ccc(CCNC(=O)CN(C)C(C)c2ccccc2Cl)cc1OC. The van der Waals surface area contributed by atoms with Crippen LogP contribution in [-0.2, 0) is 11.2 Å². The third kappa shape index (κ3) is 5.88. The van der Waals surface area contributed by atoms with Crippen molar-refractivity contribution in [3.05, 3.63) is 58.6 Å². The van der Waals surface area contributed by atoms with E-state index in [1.165, 1.54) is 0 Å². The number of likely N-dealkylation sites (N-methyl/N-ethyl adjacent to an activating group) is 1. The third-order valence-corrected chi connectivity index (χ3v) is 4.94. The van der Waals surface area contributed by atoms with Gasteiger partial charge in [0, 0.05) is 17.6 Å². The maximum atomic E-state index is 12.3. The fraction of sp³-hybridized carbons (Fsp3) is 0.381. The van der Waals surface area contributed by atoms with Crippen LogP contribution in [-0.4, -0.2) is 45.2 Å². The Hall–Kier alpha value is -2.24. The molecule has 0 aliphatic heterocycles. The Labute approximate surface area is 166 Å². The van der Waals surface area contributed by atoms with E-state index >= 15 is 0 Å². The molecule has 1 atom stereocenters. The number of hydrogen-bond acceptors (Lipinski definition) is 4. The van der Waals surface area contributed by atoms with Gasteiger partial charge in [0.15, 0.2) is 11.5 Å². The average Bonchev–Trinajstić information content (AvgIpc) is 2.67. The molecule has 0 aliphatic carbocycles. The van der Waals surface area contributed by atoms with Crippen LogP contribution < -0.4 is 14.8 Å². The number of amides is 1. The van der Waals surface area contributed by atoms with E-state index in [0.717, 1.165) is 17.5 Å². The Bertz CT molecular complexity index is 767. The fourth-order valence-electron chi connectivity index (χ4n) is 2.85. The molecule has 0 saturated heterocycles. The first kappa shape index (κ1) is 21.1. The molecule has 2 aromatic rings. The maximum Gasteiger partial charge on any atom is 0.234 e. The van der Waals surface area contributed by atoms with E-state index in [4.69, 9.17) is 21.1 Å². The van der Waals surface area contributed by atoms with E-state index in [-0.39, 0.29) is 11.9 Å². The quantitative estimate of drug-likeness (QED) is 0.709. The molecule has 0 aliphatic rings. The molecule has 0 radical (unpaired) electrons. The molecule has 0 fully saturated rings. The van der Waals surface area contributed by atoms with Crippen LogP contribution in [0.2, 0.25) is 5.02 Å². The molecule has 1 N–H and O–H groups in total. The van der Waals surface area contributed by atoms with Gasteiger partial charge in [0.2, 0.25) is 5.91 Å². The maximum absolute atomic E-state index is 12.3. The zero-order valence-corrected chi connectivity index (χ0v) is 17.0. The summed E-state index contributed by atoms with van der Waals surface area (Å²) in [5, 5.41) is 3.68. The summed E-state index contributed by atoms with van der Waals surface area (Å²) in [5.41, 5.74) is 2.09. The molecule has 1 amide bonds. The van der Waals surface area contributed by atoms with E-state index < -0.39 is 0 Å². The first-order valence-electron chi connectivity index (χ1n) is 8.88. The minimum atomic E-state index is -0.0168. The van der Waals surface area contributed by atoms with Crippen molar-refractivity contribution in [2.24, 2.45) is 0 Å². The molecule has 2 rings (SSSR count). The Morgan fingerprint density at radius 3 is 2.52 bits per heavy atom. The van der Waals surface area contributed by atoms with Crippen molar-refractivity contribution < 1.29 is 14.3 Å². The van der Waals surface area contributed by atoms with Crippen molar-refractivity contribution in [2.45, 2.75) is 19.4 Å². The molecule has 0 heterocycles. The largest absolute Gasteiger partial charge is 0.493 e. The number of carbonyl (C=O) groups excluding carboxylic acids is 1. The topological polar surface area (TPSA) is 50.8 Å². The number of ether oxygens (including phenoxy) is 2. The molecule has 6 heteroatoms. The lowest BCUT2D eigenvalue weighted by Crippen LogP contribution is -2.37. The molecular weight excluding hydrogens is 364 g/mol. The van der Waals surface area contributed by atoms with Gasteiger partial charge < -0.3 is 14.8 Å². The average molecular weight is 391 g/mol. The van der Waals surface area contributed by atoms with Gasteiger partial charge in [-0.3, -0.25) is 9.69 Å². The summed E-state index contributed by atoms with van der Waals surface area (Å²) in [6.07, 6.45) is 0.718. The minimum absolute atomic E-state index is 0.0168. The van der Waals surface area contributed by atoms with Crippen LogP contribution in [0.15, 0.2) is 42.5 Å². The predicted molar refractivity (Wildman–Crippen MR) is 109 cm³/mol. The normalized spacial score (nSPS) is 11.9. The van der Waals surface area contributed by atoms with Crippen LogP contribution in [0.5, 0.6) is 11.5 Å². The Kier molecular flexibility index (Phi) is 7.95. The summed E-state index contributed by atoms with van der Waals surface area (Å²) in [7, 11) is 5.14. The van der Waals surface area contributed by atoms with Gasteiger partial charge in [0.05, 0.1) is 20.8 Å². The first-order valence-corrected chi connectivity index (χ1v) is 9.26. The Morgan fingerprint density at radius 1 is 1.15 bits per heavy atom. The lowest BCUT2D eigenvalue weighted by Gasteiger charge is -2.25. The zero-order chi connectivity index (χ0) is 19.8. The number of hydrogen-bond donors (Lipinski definition) is 1. The van der Waals surface area contributed by atoms with Gasteiger partial charge in [-0.1, -0.05) is 35.9 Å². The van der Waals surface area contributed by atoms with Gasteiger partial charge >= 0.3 is 0 Å². The standard InChI is InChI=1S/C21H27ClN2O3/c1-15(17-7-5-6-8-18(17)22)24(2)14-21(25)23-12-11-16-9-10-19(26-3)20(13-16)27-4/h5-10,13,15H,11-12,14H2,1-4H3,(H,23,25). The van der Waals surface area contributed by atoms with E-state index in [2.05, 4.69) is 5.32 Å². The number of halogens is 1. The molecule has 0 bridgehead atoms. The molecule has 5 nitrogen and oxygen atoms in total. The Balaban J connectivity index is 1.83. The number of rotatable bonds is 9. The lowest BCUT2D eigenvalue weighted by atomic mass is 10.1. The molecule has 0 spiro atoms. The van der Waals surface area contributed by atoms with E-state index in [1.54, 1.807) is 14.2 Å². The van der Waals surface area contributed by atoms with Crippen molar-refractivity contribution >= 4 is 17.5 Å². The molecule has 27 heavy (non-hydrogen) atoms. The highest BCUT2D eigenvalue weighted by molar-refractivity contribution is 6.31. The smallest absolute Gasteiger partial charge is 0.234 e. The van der Waals surface area contributed by atoms with Gasteiger partial charge in [-0.25, -0.2) is 0 Å². The van der Waals surface area contributed by atoms with Gasteiger partial charge in [-0.15, -0.1) is 0 Å². The minimum Gasteiger partial charge on any atom is -0.493 e. The second kappa shape index (κ2) is 10.2.